The number of carboxylic acids is 1. The van der Waals surface area contributed by atoms with Gasteiger partial charge in [0, 0.05) is 26.6 Å². The first kappa shape index (κ1) is 22.6. The van der Waals surface area contributed by atoms with Crippen LogP contribution in [-0.4, -0.2) is 61.7 Å². The van der Waals surface area contributed by atoms with Crippen LogP contribution in [0.1, 0.15) is 43.5 Å². The van der Waals surface area contributed by atoms with Gasteiger partial charge in [0.15, 0.2) is 0 Å². The predicted molar refractivity (Wildman–Crippen MR) is 121 cm³/mol. The highest BCUT2D eigenvalue weighted by atomic mass is 16.6. The molecule has 1 amide bonds. The number of rotatable bonds is 8. The molecule has 0 saturated heterocycles. The number of nitrogens with zero attached hydrogens (tertiary/aromatic N) is 5. The molecule has 5 rings (SSSR count). The summed E-state index contributed by atoms with van der Waals surface area (Å²) in [5.74, 6) is 0.569. The fraction of sp³-hybridized carbons (Fsp3) is 0.625. The third-order valence-electron chi connectivity index (χ3n) is 7.63. The number of amides is 1. The zero-order chi connectivity index (χ0) is 24.0. The third kappa shape index (κ3) is 4.21. The minimum atomic E-state index is -0.724. The Kier molecular flexibility index (Phi) is 5.91. The second-order valence-electron chi connectivity index (χ2n) is 9.86. The van der Waals surface area contributed by atoms with E-state index in [1.165, 1.54) is 19.3 Å². The molecule has 34 heavy (non-hydrogen) atoms. The van der Waals surface area contributed by atoms with E-state index in [1.54, 1.807) is 23.7 Å². The smallest absolute Gasteiger partial charge is 0.409 e. The van der Waals surface area contributed by atoms with Crippen molar-refractivity contribution < 1.29 is 24.2 Å². The molecule has 182 valence electrons. The second-order valence-corrected chi connectivity index (χ2v) is 9.86. The predicted octanol–water partition coefficient (Wildman–Crippen LogP) is 3.04. The number of carbonyl (C=O) groups is 2. The van der Waals surface area contributed by atoms with Crippen LogP contribution in [0.4, 0.5) is 4.79 Å². The molecule has 3 saturated carbocycles. The number of fused-ring (bicyclic) bond motifs is 1. The number of aryl methyl sites for hydroxylation is 2. The van der Waals surface area contributed by atoms with E-state index in [0.717, 1.165) is 12.8 Å². The summed E-state index contributed by atoms with van der Waals surface area (Å²) in [6.07, 6.45) is 4.89. The zero-order valence-electron chi connectivity index (χ0n) is 19.8. The fourth-order valence-electron chi connectivity index (χ4n) is 5.40. The Hall–Kier alpha value is -3.17. The van der Waals surface area contributed by atoms with Gasteiger partial charge in [-0.2, -0.15) is 0 Å². The number of carboxylic acid groups (broad SMARTS) is 1. The average Bonchev–Trinajstić information content (AvgIpc) is 3.19. The van der Waals surface area contributed by atoms with E-state index in [0.29, 0.717) is 41.0 Å². The monoisotopic (exact) mass is 469 g/mol. The SMILES string of the molecule is Cc1nc(-c2nnn(C)c2COC(=O)N(C)CC2CCC2)ccc1O[C@H]1CC[C@@H]2C(C(=O)O)[C@H]12. The second kappa shape index (κ2) is 8.88. The van der Waals surface area contributed by atoms with E-state index in [-0.39, 0.29) is 36.6 Å². The molecule has 10 heteroatoms. The molecule has 1 N–H and O–H groups in total. The zero-order valence-corrected chi connectivity index (χ0v) is 19.8. The van der Waals surface area contributed by atoms with E-state index >= 15 is 0 Å². The van der Waals surface area contributed by atoms with Crippen LogP contribution >= 0.6 is 0 Å². The molecule has 3 aliphatic carbocycles. The van der Waals surface area contributed by atoms with E-state index in [2.05, 4.69) is 15.3 Å². The minimum absolute atomic E-state index is 0.0490. The van der Waals surface area contributed by atoms with Crippen molar-refractivity contribution in [1.29, 1.82) is 0 Å². The maximum Gasteiger partial charge on any atom is 0.409 e. The topological polar surface area (TPSA) is 120 Å². The van der Waals surface area contributed by atoms with Crippen molar-refractivity contribution in [2.24, 2.45) is 30.7 Å². The van der Waals surface area contributed by atoms with Gasteiger partial charge >= 0.3 is 12.1 Å². The summed E-state index contributed by atoms with van der Waals surface area (Å²) >= 11 is 0. The molecule has 0 radical (unpaired) electrons. The Morgan fingerprint density at radius 2 is 2.03 bits per heavy atom. The largest absolute Gasteiger partial charge is 0.488 e. The molecule has 0 aromatic carbocycles. The lowest BCUT2D eigenvalue weighted by molar-refractivity contribution is -0.139. The number of carbonyl (C=O) groups excluding carboxylic acids is 1. The molecule has 3 fully saturated rings. The highest BCUT2D eigenvalue weighted by Crippen LogP contribution is 2.58. The average molecular weight is 470 g/mol. The van der Waals surface area contributed by atoms with Crippen molar-refractivity contribution in [1.82, 2.24) is 24.9 Å². The van der Waals surface area contributed by atoms with Gasteiger partial charge in [-0.15, -0.1) is 5.10 Å². The Morgan fingerprint density at radius 3 is 2.68 bits per heavy atom. The van der Waals surface area contributed by atoms with Gasteiger partial charge in [0.05, 0.1) is 17.3 Å². The number of hydrogen-bond acceptors (Lipinski definition) is 7. The number of aromatic nitrogens is 4. The highest BCUT2D eigenvalue weighted by Gasteiger charge is 2.63. The summed E-state index contributed by atoms with van der Waals surface area (Å²) in [5, 5.41) is 17.7. The number of aliphatic carboxylic acids is 1. The summed E-state index contributed by atoms with van der Waals surface area (Å²) in [5.41, 5.74) is 2.53. The maximum atomic E-state index is 12.4. The molecular formula is C24H31N5O5. The molecular weight excluding hydrogens is 438 g/mol. The molecule has 2 aromatic rings. The van der Waals surface area contributed by atoms with Crippen LogP contribution in [0.25, 0.3) is 11.4 Å². The molecule has 0 bridgehead atoms. The Labute approximate surface area is 198 Å². The maximum absolute atomic E-state index is 12.4. The van der Waals surface area contributed by atoms with Crippen LogP contribution in [0.15, 0.2) is 12.1 Å². The first-order valence-electron chi connectivity index (χ1n) is 12.0. The van der Waals surface area contributed by atoms with E-state index < -0.39 is 5.97 Å². The molecule has 0 aliphatic heterocycles. The molecule has 4 atom stereocenters. The lowest BCUT2D eigenvalue weighted by Crippen LogP contribution is -2.34. The number of hydrogen-bond donors (Lipinski definition) is 1. The molecule has 1 unspecified atom stereocenters. The first-order valence-corrected chi connectivity index (χ1v) is 12.0. The van der Waals surface area contributed by atoms with Crippen molar-refractivity contribution in [3.8, 4) is 17.1 Å². The van der Waals surface area contributed by atoms with E-state index in [1.807, 2.05) is 19.1 Å². The summed E-state index contributed by atoms with van der Waals surface area (Å²) in [4.78, 5) is 30.1. The molecule has 2 aromatic heterocycles. The highest BCUT2D eigenvalue weighted by molar-refractivity contribution is 5.75. The van der Waals surface area contributed by atoms with Crippen molar-refractivity contribution in [3.63, 3.8) is 0 Å². The van der Waals surface area contributed by atoms with Gasteiger partial charge in [-0.1, -0.05) is 11.6 Å². The van der Waals surface area contributed by atoms with E-state index in [9.17, 15) is 14.7 Å². The third-order valence-corrected chi connectivity index (χ3v) is 7.63. The van der Waals surface area contributed by atoms with Crippen LogP contribution in [0, 0.1) is 30.6 Å². The van der Waals surface area contributed by atoms with Crippen molar-refractivity contribution in [2.45, 2.75) is 51.7 Å². The normalized spacial score (nSPS) is 25.4. The lowest BCUT2D eigenvalue weighted by atomic mass is 9.85. The first-order chi connectivity index (χ1) is 16.3. The summed E-state index contributed by atoms with van der Waals surface area (Å²) in [6, 6.07) is 3.66. The standard InChI is InChI=1S/C24H31N5O5/c1-13-18(34-19-9-7-15-20(19)21(15)23(30)31)10-8-16(25-13)22-17(29(3)27-26-22)12-33-24(32)28(2)11-14-5-4-6-14/h8,10,14-15,19-21H,4-7,9,11-12H2,1-3H3,(H,30,31)/t15-,19-,20-,21?/m0/s1. The minimum Gasteiger partial charge on any atom is -0.488 e. The van der Waals surface area contributed by atoms with Crippen molar-refractivity contribution >= 4 is 12.1 Å². The van der Waals surface area contributed by atoms with Crippen LogP contribution in [0.3, 0.4) is 0 Å². The van der Waals surface area contributed by atoms with Crippen molar-refractivity contribution in [2.75, 3.05) is 13.6 Å². The van der Waals surface area contributed by atoms with Gasteiger partial charge in [-0.05, 0) is 56.6 Å². The van der Waals surface area contributed by atoms with Crippen LogP contribution in [-0.2, 0) is 23.2 Å². The number of ether oxygens (including phenoxy) is 2. The van der Waals surface area contributed by atoms with E-state index in [4.69, 9.17) is 9.47 Å². The molecule has 0 spiro atoms. The summed E-state index contributed by atoms with van der Waals surface area (Å²) in [7, 11) is 3.52. The van der Waals surface area contributed by atoms with Gasteiger partial charge in [0.25, 0.3) is 0 Å². The molecule has 10 nitrogen and oxygen atoms in total. The molecule has 2 heterocycles. The quantitative estimate of drug-likeness (QED) is 0.626. The van der Waals surface area contributed by atoms with Crippen molar-refractivity contribution in [3.05, 3.63) is 23.5 Å². The summed E-state index contributed by atoms with van der Waals surface area (Å²) in [6.45, 7) is 2.62. The Morgan fingerprint density at radius 1 is 1.24 bits per heavy atom. The molecule has 3 aliphatic rings. The Balaban J connectivity index is 1.24. The lowest BCUT2D eigenvalue weighted by Gasteiger charge is -2.29. The van der Waals surface area contributed by atoms with Crippen LogP contribution in [0.2, 0.25) is 0 Å². The van der Waals surface area contributed by atoms with Gasteiger partial charge in [0.1, 0.15) is 29.8 Å². The van der Waals surface area contributed by atoms with Crippen LogP contribution in [0.5, 0.6) is 5.75 Å². The number of pyridine rings is 1. The van der Waals surface area contributed by atoms with Gasteiger partial charge in [-0.25, -0.2) is 14.5 Å². The van der Waals surface area contributed by atoms with Gasteiger partial charge in [-0.3, -0.25) is 4.79 Å². The van der Waals surface area contributed by atoms with Gasteiger partial charge < -0.3 is 19.5 Å². The fourth-order valence-corrected chi connectivity index (χ4v) is 5.40. The van der Waals surface area contributed by atoms with Crippen LogP contribution < -0.4 is 4.74 Å². The Bertz CT molecular complexity index is 1100. The summed E-state index contributed by atoms with van der Waals surface area (Å²) < 4.78 is 13.3. The van der Waals surface area contributed by atoms with Gasteiger partial charge in [0.2, 0.25) is 0 Å².